The van der Waals surface area contributed by atoms with Crippen LogP contribution in [0.2, 0.25) is 0 Å². The quantitative estimate of drug-likeness (QED) is 0.827. The van der Waals surface area contributed by atoms with Crippen molar-refractivity contribution in [3.63, 3.8) is 0 Å². The van der Waals surface area contributed by atoms with Gasteiger partial charge in [-0.2, -0.15) is 0 Å². The first-order valence-corrected chi connectivity index (χ1v) is 6.52. The van der Waals surface area contributed by atoms with Crippen molar-refractivity contribution in [2.45, 2.75) is 32.3 Å². The highest BCUT2D eigenvalue weighted by Gasteiger charge is 2.20. The maximum absolute atomic E-state index is 9.69. The molecule has 1 rings (SSSR count). The van der Waals surface area contributed by atoms with Crippen molar-refractivity contribution in [1.29, 1.82) is 0 Å². The summed E-state index contributed by atoms with van der Waals surface area (Å²) in [5.74, 6) is 1.61. The van der Waals surface area contributed by atoms with Crippen LogP contribution < -0.4 is 14.8 Å². The molecule has 1 aromatic rings. The minimum absolute atomic E-state index is 0.0438. The van der Waals surface area contributed by atoms with Crippen LogP contribution in [0.25, 0.3) is 0 Å². The molecule has 0 aliphatic rings. The Balaban J connectivity index is 2.87. The van der Waals surface area contributed by atoms with Gasteiger partial charge in [0.2, 0.25) is 0 Å². The molecule has 1 atom stereocenters. The average molecular weight is 267 g/mol. The van der Waals surface area contributed by atoms with Gasteiger partial charge in [-0.25, -0.2) is 0 Å². The van der Waals surface area contributed by atoms with Gasteiger partial charge >= 0.3 is 0 Å². The summed E-state index contributed by atoms with van der Waals surface area (Å²) in [6.07, 6.45) is -0.514. The predicted molar refractivity (Wildman–Crippen MR) is 77.1 cm³/mol. The van der Waals surface area contributed by atoms with Gasteiger partial charge in [0.05, 0.1) is 7.11 Å². The van der Waals surface area contributed by atoms with Gasteiger partial charge in [0.1, 0.15) is 24.2 Å². The molecule has 0 amide bonds. The molecule has 0 saturated heterocycles. The zero-order chi connectivity index (χ0) is 14.5. The van der Waals surface area contributed by atoms with E-state index in [1.165, 1.54) is 0 Å². The number of nitrogens with one attached hydrogen (secondary N) is 1. The van der Waals surface area contributed by atoms with Crippen LogP contribution in [0.15, 0.2) is 18.2 Å². The lowest BCUT2D eigenvalue weighted by Gasteiger charge is -2.24. The number of ether oxygens (including phenoxy) is 2. The van der Waals surface area contributed by atoms with Crippen molar-refractivity contribution in [1.82, 2.24) is 5.32 Å². The maximum atomic E-state index is 9.69. The number of likely N-dealkylation sites (N-methyl/N-ethyl adjacent to an activating group) is 1. The van der Waals surface area contributed by atoms with E-state index in [1.54, 1.807) is 14.2 Å². The standard InChI is InChI=1S/C15H25NO3/c1-15(2,3)13-8-12(18-5)6-7-14(13)19-10-11(17)9-16-4/h6-8,11,16-17H,9-10H2,1-5H3. The number of aliphatic hydroxyl groups is 1. The zero-order valence-electron chi connectivity index (χ0n) is 12.5. The van der Waals surface area contributed by atoms with Crippen LogP contribution in [0.1, 0.15) is 26.3 Å². The summed E-state index contributed by atoms with van der Waals surface area (Å²) in [7, 11) is 3.45. The van der Waals surface area contributed by atoms with E-state index in [1.807, 2.05) is 18.2 Å². The lowest BCUT2D eigenvalue weighted by molar-refractivity contribution is 0.107. The van der Waals surface area contributed by atoms with E-state index in [9.17, 15) is 5.11 Å². The van der Waals surface area contributed by atoms with Gasteiger partial charge in [-0.15, -0.1) is 0 Å². The summed E-state index contributed by atoms with van der Waals surface area (Å²) in [6.45, 7) is 7.16. The summed E-state index contributed by atoms with van der Waals surface area (Å²) >= 11 is 0. The number of hydrogen-bond donors (Lipinski definition) is 2. The molecule has 2 N–H and O–H groups in total. The molecule has 0 heterocycles. The van der Waals surface area contributed by atoms with Crippen LogP contribution in [-0.4, -0.2) is 38.5 Å². The molecular weight excluding hydrogens is 242 g/mol. The fourth-order valence-corrected chi connectivity index (χ4v) is 1.83. The van der Waals surface area contributed by atoms with E-state index in [4.69, 9.17) is 9.47 Å². The summed E-state index contributed by atoms with van der Waals surface area (Å²) in [4.78, 5) is 0. The highest BCUT2D eigenvalue weighted by molar-refractivity contribution is 5.44. The topological polar surface area (TPSA) is 50.7 Å². The normalized spacial score (nSPS) is 13.2. The molecule has 1 unspecified atom stereocenters. The lowest BCUT2D eigenvalue weighted by atomic mass is 9.86. The summed E-state index contributed by atoms with van der Waals surface area (Å²) in [6, 6.07) is 5.75. The molecule has 108 valence electrons. The Bertz CT molecular complexity index is 399. The SMILES string of the molecule is CNCC(O)COc1ccc(OC)cc1C(C)(C)C. The second-order valence-electron chi connectivity index (χ2n) is 5.63. The fourth-order valence-electron chi connectivity index (χ4n) is 1.83. The minimum atomic E-state index is -0.514. The lowest BCUT2D eigenvalue weighted by Crippen LogP contribution is -2.29. The van der Waals surface area contributed by atoms with Gasteiger partial charge in [0, 0.05) is 12.1 Å². The van der Waals surface area contributed by atoms with E-state index < -0.39 is 6.10 Å². The molecule has 1 aromatic carbocycles. The van der Waals surface area contributed by atoms with Crippen LogP contribution in [0.4, 0.5) is 0 Å². The van der Waals surface area contributed by atoms with Crippen molar-refractivity contribution in [2.24, 2.45) is 0 Å². The van der Waals surface area contributed by atoms with Crippen LogP contribution in [0.5, 0.6) is 11.5 Å². The van der Waals surface area contributed by atoms with Gasteiger partial charge in [0.15, 0.2) is 0 Å². The van der Waals surface area contributed by atoms with Crippen molar-refractivity contribution in [3.05, 3.63) is 23.8 Å². The molecule has 4 heteroatoms. The van der Waals surface area contributed by atoms with Gasteiger partial charge in [-0.3, -0.25) is 0 Å². The molecule has 0 saturated carbocycles. The minimum Gasteiger partial charge on any atom is -0.497 e. The number of rotatable bonds is 6. The zero-order valence-corrected chi connectivity index (χ0v) is 12.5. The molecule has 0 aliphatic carbocycles. The highest BCUT2D eigenvalue weighted by atomic mass is 16.5. The first-order chi connectivity index (χ1) is 8.88. The average Bonchev–Trinajstić information content (AvgIpc) is 2.35. The van der Waals surface area contributed by atoms with Gasteiger partial charge < -0.3 is 19.9 Å². The molecule has 0 aromatic heterocycles. The second-order valence-corrected chi connectivity index (χ2v) is 5.63. The Labute approximate surface area is 115 Å². The van der Waals surface area contributed by atoms with E-state index in [0.717, 1.165) is 17.1 Å². The first kappa shape index (κ1) is 15.8. The van der Waals surface area contributed by atoms with E-state index in [2.05, 4.69) is 26.1 Å². The van der Waals surface area contributed by atoms with Crippen molar-refractivity contribution >= 4 is 0 Å². The molecule has 0 radical (unpaired) electrons. The molecule has 0 bridgehead atoms. The Morgan fingerprint density at radius 3 is 2.53 bits per heavy atom. The monoisotopic (exact) mass is 267 g/mol. The predicted octanol–water partition coefficient (Wildman–Crippen LogP) is 1.95. The summed E-state index contributed by atoms with van der Waals surface area (Å²) in [5.41, 5.74) is 1.03. The Hall–Kier alpha value is -1.26. The Kier molecular flexibility index (Phi) is 5.63. The van der Waals surface area contributed by atoms with Crippen molar-refractivity contribution < 1.29 is 14.6 Å². The van der Waals surface area contributed by atoms with E-state index in [0.29, 0.717) is 6.54 Å². The smallest absolute Gasteiger partial charge is 0.123 e. The Morgan fingerprint density at radius 1 is 1.32 bits per heavy atom. The maximum Gasteiger partial charge on any atom is 0.123 e. The molecule has 19 heavy (non-hydrogen) atoms. The third-order valence-electron chi connectivity index (χ3n) is 2.87. The molecular formula is C15H25NO3. The molecule has 0 spiro atoms. The number of benzene rings is 1. The Morgan fingerprint density at radius 2 is 2.00 bits per heavy atom. The van der Waals surface area contributed by atoms with Gasteiger partial charge in [-0.1, -0.05) is 20.8 Å². The van der Waals surface area contributed by atoms with Crippen LogP contribution >= 0.6 is 0 Å². The fraction of sp³-hybridized carbons (Fsp3) is 0.600. The first-order valence-electron chi connectivity index (χ1n) is 6.52. The third kappa shape index (κ3) is 4.73. The van der Waals surface area contributed by atoms with Crippen molar-refractivity contribution in [3.8, 4) is 11.5 Å². The van der Waals surface area contributed by atoms with Crippen LogP contribution in [0.3, 0.4) is 0 Å². The van der Waals surface area contributed by atoms with E-state index >= 15 is 0 Å². The number of aliphatic hydroxyl groups excluding tert-OH is 1. The van der Waals surface area contributed by atoms with Crippen LogP contribution in [0, 0.1) is 0 Å². The summed E-state index contributed by atoms with van der Waals surface area (Å²) < 4.78 is 11.0. The van der Waals surface area contributed by atoms with Gasteiger partial charge in [0.25, 0.3) is 0 Å². The van der Waals surface area contributed by atoms with Gasteiger partial charge in [-0.05, 0) is 30.7 Å². The molecule has 0 aliphatic heterocycles. The molecule has 0 fully saturated rings. The number of methoxy groups -OCH3 is 1. The third-order valence-corrected chi connectivity index (χ3v) is 2.87. The summed E-state index contributed by atoms with van der Waals surface area (Å²) in [5, 5.41) is 12.6. The number of hydrogen-bond acceptors (Lipinski definition) is 4. The second kappa shape index (κ2) is 6.78. The highest BCUT2D eigenvalue weighted by Crippen LogP contribution is 2.34. The molecule has 4 nitrogen and oxygen atoms in total. The largest absolute Gasteiger partial charge is 0.497 e. The van der Waals surface area contributed by atoms with Crippen molar-refractivity contribution in [2.75, 3.05) is 27.3 Å². The van der Waals surface area contributed by atoms with Crippen LogP contribution in [-0.2, 0) is 5.41 Å². The van der Waals surface area contributed by atoms with E-state index in [-0.39, 0.29) is 12.0 Å².